The van der Waals surface area contributed by atoms with Crippen LogP contribution in [-0.4, -0.2) is 12.8 Å². The molecule has 2 atom stereocenters. The number of carbonyl (C=O) groups is 1. The Morgan fingerprint density at radius 2 is 2.06 bits per heavy atom. The zero-order valence-electron chi connectivity index (χ0n) is 9.31. The lowest BCUT2D eigenvalue weighted by molar-refractivity contribution is -0.118. The Labute approximate surface area is 102 Å². The van der Waals surface area contributed by atoms with Gasteiger partial charge in [-0.3, -0.25) is 4.79 Å². The minimum Gasteiger partial charge on any atom is -0.347 e. The van der Waals surface area contributed by atoms with Gasteiger partial charge in [0, 0.05) is 33.0 Å². The maximum absolute atomic E-state index is 11.5. The van der Waals surface area contributed by atoms with Crippen LogP contribution in [0.1, 0.15) is 17.5 Å². The van der Waals surface area contributed by atoms with Gasteiger partial charge in [0.25, 0.3) is 0 Å². The molecule has 0 bridgehead atoms. The number of hydrogen-bond donors (Lipinski definition) is 0. The molecule has 2 nitrogen and oxygen atoms in total. The Kier molecular flexibility index (Phi) is 3.96. The molecule has 5 heteroatoms. The highest BCUT2D eigenvalue weighted by molar-refractivity contribution is 8.43. The first kappa shape index (κ1) is 12.4. The van der Waals surface area contributed by atoms with E-state index in [0.29, 0.717) is 18.6 Å². The quantitative estimate of drug-likeness (QED) is 0.770. The van der Waals surface area contributed by atoms with E-state index in [1.807, 2.05) is 0 Å². The summed E-state index contributed by atoms with van der Waals surface area (Å²) in [6.45, 7) is 0. The van der Waals surface area contributed by atoms with E-state index in [-0.39, 0.29) is 7.45 Å². The van der Waals surface area contributed by atoms with Crippen molar-refractivity contribution in [3.63, 3.8) is 0 Å². The van der Waals surface area contributed by atoms with Crippen molar-refractivity contribution in [2.75, 3.05) is 11.7 Å². The predicted octanol–water partition coefficient (Wildman–Crippen LogP) is 3.16. The molecule has 1 aromatic carbocycles. The van der Waals surface area contributed by atoms with Gasteiger partial charge in [0.05, 0.1) is 0 Å². The Morgan fingerprint density at radius 3 is 2.75 bits per heavy atom. The zero-order chi connectivity index (χ0) is 11.7. The molecule has 0 aliphatic heterocycles. The lowest BCUT2D eigenvalue weighted by Crippen LogP contribution is -2.17. The van der Waals surface area contributed by atoms with Gasteiger partial charge in [-0.15, -0.1) is 0 Å². The van der Waals surface area contributed by atoms with Crippen LogP contribution in [0.5, 0.6) is 0 Å². The van der Waals surface area contributed by atoms with Crippen LogP contribution in [0, 0.1) is 0 Å². The molecule has 2 unspecified atom stereocenters. The van der Waals surface area contributed by atoms with Crippen LogP contribution in [0.3, 0.4) is 0 Å². The number of anilines is 1. The number of ketones is 1. The first-order valence-electron chi connectivity index (χ1n) is 5.25. The van der Waals surface area contributed by atoms with Gasteiger partial charge in [0.2, 0.25) is 0 Å². The number of fused-ring (bicyclic) bond motifs is 1. The van der Waals surface area contributed by atoms with Gasteiger partial charge >= 0.3 is 0 Å². The third-order valence-corrected chi connectivity index (χ3v) is 5.98. The fourth-order valence-corrected chi connectivity index (χ4v) is 3.23. The normalized spacial score (nSPS) is 15.1. The fraction of sp³-hybridized carbons (Fsp3) is 0.364. The number of Topliss-reactive ketones (excluding diaryl/α,β-unsaturated/α-hetero) is 1. The summed E-state index contributed by atoms with van der Waals surface area (Å²) in [5.74, 6) is 0.366. The molecule has 0 saturated carbocycles. The Hall–Kier alpha value is -0.0200. The van der Waals surface area contributed by atoms with Crippen molar-refractivity contribution >= 4 is 36.8 Å². The van der Waals surface area contributed by atoms with E-state index in [1.54, 1.807) is 0 Å². The SMILES string of the molecule is CN(c1cccc2c1CC(=O)CC2)P(P)P. The van der Waals surface area contributed by atoms with Crippen molar-refractivity contribution in [2.24, 2.45) is 0 Å². The fourth-order valence-electron chi connectivity index (χ4n) is 2.05. The molecule has 0 saturated heterocycles. The minimum absolute atomic E-state index is 0.312. The van der Waals surface area contributed by atoms with Gasteiger partial charge in [0.1, 0.15) is 5.78 Å². The molecule has 0 spiro atoms. The van der Waals surface area contributed by atoms with E-state index < -0.39 is 0 Å². The number of carbonyl (C=O) groups excluding carboxylic acids is 1. The summed E-state index contributed by atoms with van der Waals surface area (Å²) in [4.78, 5) is 11.5. The highest BCUT2D eigenvalue weighted by Gasteiger charge is 2.20. The van der Waals surface area contributed by atoms with Crippen molar-refractivity contribution in [2.45, 2.75) is 19.3 Å². The van der Waals surface area contributed by atoms with Crippen LogP contribution in [0.25, 0.3) is 0 Å². The van der Waals surface area contributed by atoms with Crippen LogP contribution >= 0.6 is 25.3 Å². The standard InChI is InChI=1S/C11H16NOP3/c1-12(16(14)15)11-4-2-3-8-5-6-9(13)7-10(8)11/h2-4H,5-7,14-15H2,1H3. The molecule has 2 rings (SSSR count). The molecule has 1 aliphatic rings. The summed E-state index contributed by atoms with van der Waals surface area (Å²) in [6.07, 6.45) is 2.21. The Bertz CT molecular complexity index is 420. The van der Waals surface area contributed by atoms with Crippen LogP contribution in [0.2, 0.25) is 0 Å². The first-order valence-corrected chi connectivity index (χ1v) is 9.78. The monoisotopic (exact) mass is 271 g/mol. The van der Waals surface area contributed by atoms with Crippen LogP contribution in [0.15, 0.2) is 18.2 Å². The van der Waals surface area contributed by atoms with Gasteiger partial charge in [-0.25, -0.2) is 0 Å². The molecule has 0 N–H and O–H groups in total. The highest BCUT2D eigenvalue weighted by atomic mass is 32.4. The number of benzene rings is 1. The van der Waals surface area contributed by atoms with Crippen molar-refractivity contribution in [3.05, 3.63) is 29.3 Å². The maximum Gasteiger partial charge on any atom is 0.137 e. The molecule has 16 heavy (non-hydrogen) atoms. The summed E-state index contributed by atoms with van der Waals surface area (Å²) in [7, 11) is 7.40. The van der Waals surface area contributed by atoms with Gasteiger partial charge < -0.3 is 4.67 Å². The average molecular weight is 271 g/mol. The van der Waals surface area contributed by atoms with Crippen molar-refractivity contribution in [1.82, 2.24) is 0 Å². The number of nitrogens with zero attached hydrogens (tertiary/aromatic N) is 1. The maximum atomic E-state index is 11.5. The molecule has 0 radical (unpaired) electrons. The highest BCUT2D eigenvalue weighted by Crippen LogP contribution is 2.57. The molecule has 86 valence electrons. The molecular weight excluding hydrogens is 255 g/mol. The van der Waals surface area contributed by atoms with Gasteiger partial charge in [-0.1, -0.05) is 30.0 Å². The molecule has 0 fully saturated rings. The van der Waals surface area contributed by atoms with E-state index in [9.17, 15) is 4.79 Å². The molecular formula is C11H16NOP3. The average Bonchev–Trinajstić information content (AvgIpc) is 2.27. The molecule has 1 aromatic rings. The summed E-state index contributed by atoms with van der Waals surface area (Å²) >= 11 is 0. The Balaban J connectivity index is 2.43. The van der Waals surface area contributed by atoms with Crippen LogP contribution in [-0.2, 0) is 17.6 Å². The number of aryl methyl sites for hydroxylation is 1. The lowest BCUT2D eigenvalue weighted by Gasteiger charge is -2.28. The van der Waals surface area contributed by atoms with E-state index in [1.165, 1.54) is 16.8 Å². The number of rotatable bonds is 2. The van der Waals surface area contributed by atoms with E-state index in [0.717, 1.165) is 6.42 Å². The summed E-state index contributed by atoms with van der Waals surface area (Å²) < 4.78 is 2.24. The van der Waals surface area contributed by atoms with E-state index >= 15 is 0 Å². The smallest absolute Gasteiger partial charge is 0.137 e. The molecule has 1 aliphatic carbocycles. The first-order chi connectivity index (χ1) is 7.59. The summed E-state index contributed by atoms with van der Waals surface area (Å²) in [5.41, 5.74) is 3.79. The second-order valence-electron chi connectivity index (χ2n) is 4.03. The second kappa shape index (κ2) is 5.09. The largest absolute Gasteiger partial charge is 0.347 e. The minimum atomic E-state index is -0.312. The van der Waals surface area contributed by atoms with E-state index in [2.05, 4.69) is 47.8 Å². The Morgan fingerprint density at radius 1 is 1.31 bits per heavy atom. The summed E-state index contributed by atoms with van der Waals surface area (Å²) in [6, 6.07) is 6.35. The molecule has 0 aromatic heterocycles. The topological polar surface area (TPSA) is 20.3 Å². The van der Waals surface area contributed by atoms with Crippen LogP contribution < -0.4 is 4.67 Å². The second-order valence-corrected chi connectivity index (χ2v) is 10.4. The van der Waals surface area contributed by atoms with Crippen molar-refractivity contribution in [3.8, 4) is 0 Å². The molecule has 0 amide bonds. The predicted molar refractivity (Wildman–Crippen MR) is 78.2 cm³/mol. The zero-order valence-corrected chi connectivity index (χ0v) is 12.5. The summed E-state index contributed by atoms with van der Waals surface area (Å²) in [5, 5.41) is 0. The lowest BCUT2D eigenvalue weighted by atomic mass is 9.89. The van der Waals surface area contributed by atoms with E-state index in [4.69, 9.17) is 0 Å². The van der Waals surface area contributed by atoms with Crippen LogP contribution in [0.4, 0.5) is 5.69 Å². The third kappa shape index (κ3) is 2.45. The van der Waals surface area contributed by atoms with Gasteiger partial charge in [-0.2, -0.15) is 0 Å². The molecule has 0 heterocycles. The third-order valence-electron chi connectivity index (χ3n) is 2.99. The van der Waals surface area contributed by atoms with Crippen molar-refractivity contribution < 1.29 is 4.79 Å². The number of hydrogen-bond acceptors (Lipinski definition) is 2. The van der Waals surface area contributed by atoms with Gasteiger partial charge in [0.15, 0.2) is 0 Å². The van der Waals surface area contributed by atoms with Gasteiger partial charge in [-0.05, 0) is 23.6 Å². The van der Waals surface area contributed by atoms with Crippen molar-refractivity contribution in [1.29, 1.82) is 0 Å².